The van der Waals surface area contributed by atoms with Gasteiger partial charge in [0.05, 0.1) is 11.1 Å². The van der Waals surface area contributed by atoms with Crippen molar-refractivity contribution in [2.24, 2.45) is 5.73 Å². The Hall–Kier alpha value is -0.740. The fraction of sp³-hybridized carbons (Fsp3) is 0.250. The minimum absolute atomic E-state index is 0.126. The molecule has 1 nitrogen and oxygen atoms in total. The van der Waals surface area contributed by atoms with Crippen LogP contribution < -0.4 is 5.73 Å². The van der Waals surface area contributed by atoms with Crippen molar-refractivity contribution in [1.29, 1.82) is 0 Å². The molecule has 1 aromatic carbocycles. The first-order chi connectivity index (χ1) is 6.02. The maximum atomic E-state index is 12.6. The van der Waals surface area contributed by atoms with E-state index in [9.17, 15) is 13.2 Å². The summed E-state index contributed by atoms with van der Waals surface area (Å²) in [6.07, 6.45) is -2.68. The molecular weight excluding hydrogens is 203 g/mol. The molecule has 1 aromatic rings. The molecule has 72 valence electrons. The second-order valence-electron chi connectivity index (χ2n) is 2.53. The van der Waals surface area contributed by atoms with Crippen molar-refractivity contribution < 1.29 is 13.2 Å². The second-order valence-corrected chi connectivity index (χ2v) is 2.94. The Morgan fingerprint density at radius 3 is 2.38 bits per heavy atom. The molecule has 0 bridgehead atoms. The first-order valence-electron chi connectivity index (χ1n) is 3.51. The SMILES string of the molecule is NC(c1ccc(F)c(Cl)c1)C(F)F. The maximum absolute atomic E-state index is 12.6. The van der Waals surface area contributed by atoms with Crippen LogP contribution in [0.3, 0.4) is 0 Å². The topological polar surface area (TPSA) is 26.0 Å². The molecule has 13 heavy (non-hydrogen) atoms. The summed E-state index contributed by atoms with van der Waals surface area (Å²) >= 11 is 5.39. The molecule has 0 spiro atoms. The molecule has 0 fully saturated rings. The van der Waals surface area contributed by atoms with Gasteiger partial charge in [-0.3, -0.25) is 0 Å². The number of nitrogens with two attached hydrogens (primary N) is 1. The standard InChI is InChI=1S/C8H7ClF3N/c9-5-3-4(1-2-6(5)10)7(13)8(11)12/h1-3,7-8H,13H2. The molecule has 0 amide bonds. The van der Waals surface area contributed by atoms with Crippen LogP contribution in [0.2, 0.25) is 5.02 Å². The Morgan fingerprint density at radius 1 is 1.31 bits per heavy atom. The van der Waals surface area contributed by atoms with Crippen molar-refractivity contribution in [2.75, 3.05) is 0 Å². The van der Waals surface area contributed by atoms with Gasteiger partial charge in [-0.25, -0.2) is 13.2 Å². The van der Waals surface area contributed by atoms with Crippen molar-refractivity contribution in [3.63, 3.8) is 0 Å². The summed E-state index contributed by atoms with van der Waals surface area (Å²) < 4.78 is 36.8. The summed E-state index contributed by atoms with van der Waals surface area (Å²) in [6, 6.07) is 1.89. The molecule has 5 heteroatoms. The van der Waals surface area contributed by atoms with Crippen LogP contribution in [0.25, 0.3) is 0 Å². The van der Waals surface area contributed by atoms with Crippen LogP contribution in [0.1, 0.15) is 11.6 Å². The minimum atomic E-state index is -2.68. The molecule has 1 atom stereocenters. The van der Waals surface area contributed by atoms with E-state index in [1.807, 2.05) is 0 Å². The lowest BCUT2D eigenvalue weighted by Gasteiger charge is -2.10. The van der Waals surface area contributed by atoms with E-state index in [1.54, 1.807) is 0 Å². The molecule has 0 aromatic heterocycles. The molecule has 1 rings (SSSR count). The highest BCUT2D eigenvalue weighted by molar-refractivity contribution is 6.30. The van der Waals surface area contributed by atoms with Crippen LogP contribution in [0.5, 0.6) is 0 Å². The molecule has 0 radical (unpaired) electrons. The lowest BCUT2D eigenvalue weighted by Crippen LogP contribution is -2.18. The van der Waals surface area contributed by atoms with Gasteiger partial charge in [-0.2, -0.15) is 0 Å². The lowest BCUT2D eigenvalue weighted by molar-refractivity contribution is 0.116. The van der Waals surface area contributed by atoms with Crippen molar-refractivity contribution in [3.05, 3.63) is 34.6 Å². The van der Waals surface area contributed by atoms with Crippen molar-refractivity contribution in [2.45, 2.75) is 12.5 Å². The molecule has 0 heterocycles. The van der Waals surface area contributed by atoms with Gasteiger partial charge in [0.15, 0.2) is 0 Å². The smallest absolute Gasteiger partial charge is 0.257 e. The first kappa shape index (κ1) is 10.3. The fourth-order valence-electron chi connectivity index (χ4n) is 0.865. The average Bonchev–Trinajstić information content (AvgIpc) is 2.08. The van der Waals surface area contributed by atoms with Gasteiger partial charge in [0.1, 0.15) is 5.82 Å². The Bertz CT molecular complexity index is 303. The number of rotatable bonds is 2. The average molecular weight is 210 g/mol. The Kier molecular flexibility index (Phi) is 3.17. The van der Waals surface area contributed by atoms with Crippen molar-refractivity contribution in [3.8, 4) is 0 Å². The van der Waals surface area contributed by atoms with Crippen LogP contribution in [0, 0.1) is 5.82 Å². The summed E-state index contributed by atoms with van der Waals surface area (Å²) in [5, 5.41) is -0.200. The summed E-state index contributed by atoms with van der Waals surface area (Å²) in [7, 11) is 0. The van der Waals surface area contributed by atoms with E-state index in [1.165, 1.54) is 6.07 Å². The van der Waals surface area contributed by atoms with Crippen LogP contribution in [0.4, 0.5) is 13.2 Å². The molecule has 0 saturated carbocycles. The molecule has 2 N–H and O–H groups in total. The third-order valence-electron chi connectivity index (χ3n) is 1.60. The zero-order valence-corrected chi connectivity index (χ0v) is 7.23. The predicted octanol–water partition coefficient (Wildman–Crippen LogP) is 2.74. The normalized spacial score (nSPS) is 13.4. The van der Waals surface area contributed by atoms with E-state index in [-0.39, 0.29) is 10.6 Å². The number of hydrogen-bond donors (Lipinski definition) is 1. The van der Waals surface area contributed by atoms with Gasteiger partial charge >= 0.3 is 0 Å². The number of hydrogen-bond acceptors (Lipinski definition) is 1. The molecular formula is C8H7ClF3N. The minimum Gasteiger partial charge on any atom is -0.319 e. The Balaban J connectivity index is 2.97. The monoisotopic (exact) mass is 209 g/mol. The zero-order chi connectivity index (χ0) is 10.0. The molecule has 0 aliphatic rings. The highest BCUT2D eigenvalue weighted by Gasteiger charge is 2.18. The van der Waals surface area contributed by atoms with Gasteiger partial charge in [-0.1, -0.05) is 17.7 Å². The van der Waals surface area contributed by atoms with Crippen molar-refractivity contribution in [1.82, 2.24) is 0 Å². The molecule has 0 saturated heterocycles. The van der Waals surface area contributed by atoms with Gasteiger partial charge in [0, 0.05) is 0 Å². The summed E-state index contributed by atoms with van der Waals surface area (Å²) in [4.78, 5) is 0. The maximum Gasteiger partial charge on any atom is 0.257 e. The van der Waals surface area contributed by atoms with E-state index < -0.39 is 18.3 Å². The predicted molar refractivity (Wildman–Crippen MR) is 44.3 cm³/mol. The zero-order valence-electron chi connectivity index (χ0n) is 6.48. The van der Waals surface area contributed by atoms with Gasteiger partial charge in [0.25, 0.3) is 6.43 Å². The summed E-state index contributed by atoms with van der Waals surface area (Å²) in [5.41, 5.74) is 5.25. The van der Waals surface area contributed by atoms with Crippen LogP contribution >= 0.6 is 11.6 Å². The van der Waals surface area contributed by atoms with Gasteiger partial charge in [-0.15, -0.1) is 0 Å². The number of alkyl halides is 2. The first-order valence-corrected chi connectivity index (χ1v) is 3.89. The Labute approximate surface area is 78.3 Å². The quantitative estimate of drug-likeness (QED) is 0.796. The fourth-order valence-corrected chi connectivity index (χ4v) is 1.05. The second kappa shape index (κ2) is 3.98. The van der Waals surface area contributed by atoms with Gasteiger partial charge < -0.3 is 5.73 Å². The van der Waals surface area contributed by atoms with Crippen LogP contribution in [-0.2, 0) is 0 Å². The molecule has 0 aliphatic heterocycles. The van der Waals surface area contributed by atoms with E-state index in [4.69, 9.17) is 17.3 Å². The largest absolute Gasteiger partial charge is 0.319 e. The van der Waals surface area contributed by atoms with E-state index in [0.717, 1.165) is 12.1 Å². The van der Waals surface area contributed by atoms with Gasteiger partial charge in [-0.05, 0) is 17.7 Å². The molecule has 0 aliphatic carbocycles. The molecule has 1 unspecified atom stereocenters. The highest BCUT2D eigenvalue weighted by atomic mass is 35.5. The lowest BCUT2D eigenvalue weighted by atomic mass is 10.1. The Morgan fingerprint density at radius 2 is 1.92 bits per heavy atom. The third kappa shape index (κ3) is 2.35. The van der Waals surface area contributed by atoms with E-state index in [2.05, 4.69) is 0 Å². The summed E-state index contributed by atoms with van der Waals surface area (Å²) in [6.45, 7) is 0. The highest BCUT2D eigenvalue weighted by Crippen LogP contribution is 2.22. The van der Waals surface area contributed by atoms with Crippen LogP contribution in [0.15, 0.2) is 18.2 Å². The van der Waals surface area contributed by atoms with Gasteiger partial charge in [0.2, 0.25) is 0 Å². The number of halogens is 4. The third-order valence-corrected chi connectivity index (χ3v) is 1.89. The summed E-state index contributed by atoms with van der Waals surface area (Å²) in [5.74, 6) is -0.646. The van der Waals surface area contributed by atoms with Crippen LogP contribution in [-0.4, -0.2) is 6.43 Å². The van der Waals surface area contributed by atoms with E-state index in [0.29, 0.717) is 0 Å². The van der Waals surface area contributed by atoms with E-state index >= 15 is 0 Å². The number of benzene rings is 1. The van der Waals surface area contributed by atoms with Crippen molar-refractivity contribution >= 4 is 11.6 Å².